The summed E-state index contributed by atoms with van der Waals surface area (Å²) in [7, 11) is 0. The second-order valence-electron chi connectivity index (χ2n) is 3.34. The molecule has 0 aliphatic rings. The number of nitrogens with zero attached hydrogens (tertiary/aromatic N) is 1. The first-order chi connectivity index (χ1) is 6.88. The zero-order chi connectivity index (χ0) is 9.80. The lowest BCUT2D eigenvalue weighted by Crippen LogP contribution is -1.95. The van der Waals surface area contributed by atoms with E-state index >= 15 is 0 Å². The number of hydrogen-bond donors (Lipinski definition) is 0. The third-order valence-electron chi connectivity index (χ3n) is 2.42. The Balaban J connectivity index is 2.30. The minimum atomic E-state index is 0.390. The number of aromatic nitrogens is 1. The first kappa shape index (κ1) is 8.95. The van der Waals surface area contributed by atoms with Crippen molar-refractivity contribution < 1.29 is 0 Å². The van der Waals surface area contributed by atoms with E-state index in [1.807, 2.05) is 30.5 Å². The Bertz CT molecular complexity index is 341. The molecule has 1 heteroatoms. The van der Waals surface area contributed by atoms with Crippen molar-refractivity contribution >= 4 is 0 Å². The fourth-order valence-corrected chi connectivity index (χ4v) is 1.50. The van der Waals surface area contributed by atoms with E-state index in [-0.39, 0.29) is 0 Å². The van der Waals surface area contributed by atoms with Crippen molar-refractivity contribution in [3.8, 4) is 0 Å². The molecule has 2 rings (SSSR count). The monoisotopic (exact) mass is 182 g/mol. The molecule has 1 unspecified atom stereocenters. The van der Waals surface area contributed by atoms with Gasteiger partial charge in [-0.2, -0.15) is 0 Å². The summed E-state index contributed by atoms with van der Waals surface area (Å²) in [6.45, 7) is 2.18. The van der Waals surface area contributed by atoms with Gasteiger partial charge >= 0.3 is 0 Å². The molecule has 0 N–H and O–H groups in total. The second-order valence-corrected chi connectivity index (χ2v) is 3.34. The van der Waals surface area contributed by atoms with Gasteiger partial charge in [0.2, 0.25) is 0 Å². The van der Waals surface area contributed by atoms with Crippen molar-refractivity contribution in [2.75, 3.05) is 0 Å². The fraction of sp³-hybridized carbons (Fsp3) is 0.154. The average Bonchev–Trinajstić information content (AvgIpc) is 2.30. The summed E-state index contributed by atoms with van der Waals surface area (Å²) in [6.07, 6.45) is 3.71. The van der Waals surface area contributed by atoms with Gasteiger partial charge in [0.15, 0.2) is 0 Å². The van der Waals surface area contributed by atoms with Crippen molar-refractivity contribution in [1.29, 1.82) is 0 Å². The van der Waals surface area contributed by atoms with Crippen molar-refractivity contribution in [2.24, 2.45) is 0 Å². The number of benzene rings is 1. The molecule has 0 aliphatic carbocycles. The summed E-state index contributed by atoms with van der Waals surface area (Å²) in [6, 6.07) is 15.2. The van der Waals surface area contributed by atoms with Crippen molar-refractivity contribution in [2.45, 2.75) is 12.8 Å². The van der Waals surface area contributed by atoms with Gasteiger partial charge in [-0.15, -0.1) is 0 Å². The first-order valence-corrected chi connectivity index (χ1v) is 4.74. The third-order valence-corrected chi connectivity index (χ3v) is 2.42. The molecular formula is C13H12N. The van der Waals surface area contributed by atoms with Gasteiger partial charge < -0.3 is 0 Å². The molecule has 1 aromatic carbocycles. The van der Waals surface area contributed by atoms with Crippen LogP contribution in [-0.4, -0.2) is 4.98 Å². The zero-order valence-corrected chi connectivity index (χ0v) is 8.14. The molecule has 2 aromatic rings. The molecule has 1 heterocycles. The normalized spacial score (nSPS) is 12.4. The van der Waals surface area contributed by atoms with E-state index in [0.717, 1.165) is 0 Å². The lowest BCUT2D eigenvalue weighted by molar-refractivity contribution is 0.911. The Morgan fingerprint density at radius 3 is 2.71 bits per heavy atom. The molecule has 1 nitrogen and oxygen atoms in total. The molecule has 69 valence electrons. The van der Waals surface area contributed by atoms with Gasteiger partial charge in [0.1, 0.15) is 0 Å². The second kappa shape index (κ2) is 4.05. The van der Waals surface area contributed by atoms with E-state index in [9.17, 15) is 0 Å². The lowest BCUT2D eigenvalue weighted by Gasteiger charge is -2.10. The summed E-state index contributed by atoms with van der Waals surface area (Å²) in [5.41, 5.74) is 2.52. The quantitative estimate of drug-likeness (QED) is 0.695. The summed E-state index contributed by atoms with van der Waals surface area (Å²) in [4.78, 5) is 4.12. The van der Waals surface area contributed by atoms with Gasteiger partial charge in [0, 0.05) is 18.3 Å². The van der Waals surface area contributed by atoms with Crippen LogP contribution in [-0.2, 0) is 0 Å². The highest BCUT2D eigenvalue weighted by Gasteiger charge is 2.06. The molecule has 0 spiro atoms. The molecule has 0 fully saturated rings. The van der Waals surface area contributed by atoms with Gasteiger partial charge in [-0.1, -0.05) is 37.3 Å². The van der Waals surface area contributed by atoms with Crippen LogP contribution < -0.4 is 0 Å². The van der Waals surface area contributed by atoms with Crippen LogP contribution in [0, 0.1) is 6.07 Å². The van der Waals surface area contributed by atoms with Crippen molar-refractivity contribution in [3.05, 3.63) is 66.0 Å². The smallest absolute Gasteiger partial charge is 0.0305 e. The third kappa shape index (κ3) is 1.82. The van der Waals surface area contributed by atoms with E-state index in [1.165, 1.54) is 11.1 Å². The van der Waals surface area contributed by atoms with Crippen LogP contribution >= 0.6 is 0 Å². The lowest BCUT2D eigenvalue weighted by atomic mass is 9.95. The van der Waals surface area contributed by atoms with Crippen LogP contribution in [0.3, 0.4) is 0 Å². The Morgan fingerprint density at radius 2 is 2.07 bits per heavy atom. The Morgan fingerprint density at radius 1 is 1.21 bits per heavy atom. The maximum atomic E-state index is 4.12. The Kier molecular flexibility index (Phi) is 2.59. The molecule has 0 aliphatic heterocycles. The zero-order valence-electron chi connectivity index (χ0n) is 8.14. The molecule has 0 amide bonds. The highest BCUT2D eigenvalue weighted by Crippen LogP contribution is 2.22. The highest BCUT2D eigenvalue weighted by molar-refractivity contribution is 5.29. The van der Waals surface area contributed by atoms with Gasteiger partial charge in [-0.05, 0) is 23.3 Å². The summed E-state index contributed by atoms with van der Waals surface area (Å²) >= 11 is 0. The van der Waals surface area contributed by atoms with Crippen molar-refractivity contribution in [1.82, 2.24) is 4.98 Å². The van der Waals surface area contributed by atoms with Crippen molar-refractivity contribution in [3.63, 3.8) is 0 Å². The van der Waals surface area contributed by atoms with Crippen LogP contribution in [0.25, 0.3) is 0 Å². The molecule has 0 bridgehead atoms. The van der Waals surface area contributed by atoms with E-state index in [2.05, 4.69) is 30.1 Å². The number of rotatable bonds is 2. The van der Waals surface area contributed by atoms with E-state index < -0.39 is 0 Å². The summed E-state index contributed by atoms with van der Waals surface area (Å²) in [5, 5.41) is 0. The van der Waals surface area contributed by atoms with E-state index in [4.69, 9.17) is 0 Å². The van der Waals surface area contributed by atoms with Crippen LogP contribution in [0.5, 0.6) is 0 Å². The molecule has 0 saturated carbocycles. The minimum Gasteiger partial charge on any atom is -0.264 e. The largest absolute Gasteiger partial charge is 0.264 e. The first-order valence-electron chi connectivity index (χ1n) is 4.74. The average molecular weight is 182 g/mol. The molecule has 14 heavy (non-hydrogen) atoms. The minimum absolute atomic E-state index is 0.390. The highest BCUT2D eigenvalue weighted by atomic mass is 14.6. The number of hydrogen-bond acceptors (Lipinski definition) is 1. The molecule has 0 saturated heterocycles. The summed E-state index contributed by atoms with van der Waals surface area (Å²) in [5.74, 6) is 0.390. The maximum Gasteiger partial charge on any atom is 0.0305 e. The van der Waals surface area contributed by atoms with Gasteiger partial charge in [0.25, 0.3) is 0 Å². The molecular weight excluding hydrogens is 170 g/mol. The van der Waals surface area contributed by atoms with Gasteiger partial charge in [-0.3, -0.25) is 4.98 Å². The SMILES string of the molecule is CC(c1c[c]ccc1)c1cccnc1. The predicted octanol–water partition coefficient (Wildman–Crippen LogP) is 3.03. The molecule has 1 radical (unpaired) electrons. The van der Waals surface area contributed by atoms with Gasteiger partial charge in [-0.25, -0.2) is 0 Å². The Labute approximate surface area is 84.4 Å². The van der Waals surface area contributed by atoms with Crippen LogP contribution in [0.1, 0.15) is 24.0 Å². The predicted molar refractivity (Wildman–Crippen MR) is 57.0 cm³/mol. The van der Waals surface area contributed by atoms with E-state index in [0.29, 0.717) is 5.92 Å². The molecule has 1 aromatic heterocycles. The van der Waals surface area contributed by atoms with Crippen LogP contribution in [0.15, 0.2) is 48.8 Å². The maximum absolute atomic E-state index is 4.12. The standard InChI is InChI=1S/C13H12N/c1-11(12-6-3-2-4-7-12)13-8-5-9-14-10-13/h2-3,5-11H,1H3. The van der Waals surface area contributed by atoms with Crippen LogP contribution in [0.4, 0.5) is 0 Å². The summed E-state index contributed by atoms with van der Waals surface area (Å²) < 4.78 is 0. The van der Waals surface area contributed by atoms with Gasteiger partial charge in [0.05, 0.1) is 0 Å². The Hall–Kier alpha value is -1.63. The topological polar surface area (TPSA) is 12.9 Å². The number of pyridine rings is 1. The molecule has 1 atom stereocenters. The van der Waals surface area contributed by atoms with Crippen LogP contribution in [0.2, 0.25) is 0 Å². The fourth-order valence-electron chi connectivity index (χ4n) is 1.50. The van der Waals surface area contributed by atoms with E-state index in [1.54, 1.807) is 6.20 Å².